The smallest absolute Gasteiger partial charge is 0.142 e. The van der Waals surface area contributed by atoms with Crippen molar-refractivity contribution < 1.29 is 0 Å². The van der Waals surface area contributed by atoms with Crippen molar-refractivity contribution in [3.05, 3.63) is 0 Å². The Balaban J connectivity index is 4.23. The Morgan fingerprint density at radius 3 is 1.00 bits per heavy atom. The predicted octanol–water partition coefficient (Wildman–Crippen LogP) is 2.54. The molecule has 0 atom stereocenters. The standard InChI is InChI=1S/C8H20NSi/c1-7(2,3)10(9)8(4,5)6/h9H2,1-6H3. The van der Waals surface area contributed by atoms with Crippen LogP contribution in [0.3, 0.4) is 0 Å². The van der Waals surface area contributed by atoms with Gasteiger partial charge in [0.05, 0.1) is 0 Å². The molecule has 0 bridgehead atoms. The van der Waals surface area contributed by atoms with Crippen LogP contribution in [0.4, 0.5) is 0 Å². The van der Waals surface area contributed by atoms with Crippen LogP contribution in [0.25, 0.3) is 0 Å². The highest BCUT2D eigenvalue weighted by Gasteiger charge is 2.33. The third-order valence-corrected chi connectivity index (χ3v) is 4.85. The van der Waals surface area contributed by atoms with Crippen LogP contribution in [-0.4, -0.2) is 8.96 Å². The SMILES string of the molecule is CC(C)(C)[Si](N)C(C)(C)C. The van der Waals surface area contributed by atoms with E-state index >= 15 is 0 Å². The molecule has 2 heteroatoms. The summed E-state index contributed by atoms with van der Waals surface area (Å²) in [6.45, 7) is 13.4. The van der Waals surface area contributed by atoms with Gasteiger partial charge in [-0.05, 0) is 10.1 Å². The second-order valence-corrected chi connectivity index (χ2v) is 8.74. The van der Waals surface area contributed by atoms with Crippen LogP contribution in [0.15, 0.2) is 0 Å². The molecule has 0 aliphatic heterocycles. The Bertz CT molecular complexity index is 93.4. The van der Waals surface area contributed by atoms with E-state index in [0.717, 1.165) is 0 Å². The van der Waals surface area contributed by atoms with Crippen molar-refractivity contribution in [2.45, 2.75) is 51.6 Å². The van der Waals surface area contributed by atoms with E-state index in [0.29, 0.717) is 10.1 Å². The van der Waals surface area contributed by atoms with E-state index < -0.39 is 8.96 Å². The Morgan fingerprint density at radius 1 is 0.800 bits per heavy atom. The van der Waals surface area contributed by atoms with E-state index in [4.69, 9.17) is 5.40 Å². The van der Waals surface area contributed by atoms with Gasteiger partial charge in [0, 0.05) is 0 Å². The van der Waals surface area contributed by atoms with Crippen LogP contribution in [0.2, 0.25) is 10.1 Å². The Kier molecular flexibility index (Phi) is 2.71. The van der Waals surface area contributed by atoms with Crippen molar-refractivity contribution in [3.8, 4) is 0 Å². The van der Waals surface area contributed by atoms with Crippen molar-refractivity contribution in [3.63, 3.8) is 0 Å². The Labute approximate surface area is 66.7 Å². The summed E-state index contributed by atoms with van der Waals surface area (Å²) in [6.07, 6.45) is 0. The number of nitrogens with two attached hydrogens (primary N) is 1. The minimum atomic E-state index is -0.721. The highest BCUT2D eigenvalue weighted by Crippen LogP contribution is 2.38. The minimum absolute atomic E-state index is 0.322. The maximum atomic E-state index is 6.13. The quantitative estimate of drug-likeness (QED) is 0.539. The molecule has 0 unspecified atom stereocenters. The van der Waals surface area contributed by atoms with Gasteiger partial charge >= 0.3 is 0 Å². The number of hydrogen-bond donors (Lipinski definition) is 1. The Hall–Kier alpha value is 0.177. The third-order valence-electron chi connectivity index (χ3n) is 1.62. The van der Waals surface area contributed by atoms with E-state index in [2.05, 4.69) is 41.5 Å². The summed E-state index contributed by atoms with van der Waals surface area (Å²) in [5.74, 6) is 0. The molecule has 1 nitrogen and oxygen atoms in total. The van der Waals surface area contributed by atoms with E-state index in [9.17, 15) is 0 Å². The summed E-state index contributed by atoms with van der Waals surface area (Å²) >= 11 is 0. The molecule has 2 N–H and O–H groups in total. The lowest BCUT2D eigenvalue weighted by Crippen LogP contribution is -2.43. The lowest BCUT2D eigenvalue weighted by atomic mass is 10.2. The Morgan fingerprint density at radius 2 is 1.00 bits per heavy atom. The fourth-order valence-electron chi connectivity index (χ4n) is 1.12. The van der Waals surface area contributed by atoms with Crippen LogP contribution in [0.5, 0.6) is 0 Å². The van der Waals surface area contributed by atoms with Gasteiger partial charge in [-0.25, -0.2) is 0 Å². The lowest BCUT2D eigenvalue weighted by molar-refractivity contribution is 0.641. The maximum absolute atomic E-state index is 6.13. The van der Waals surface area contributed by atoms with Gasteiger partial charge in [0.15, 0.2) is 0 Å². The molecule has 1 radical (unpaired) electrons. The molecule has 0 saturated heterocycles. The highest BCUT2D eigenvalue weighted by atomic mass is 28.3. The van der Waals surface area contributed by atoms with Gasteiger partial charge in [-0.3, -0.25) is 0 Å². The molecule has 0 spiro atoms. The zero-order chi connectivity index (χ0) is 8.58. The molecule has 0 rings (SSSR count). The first-order chi connectivity index (χ1) is 4.15. The molecular formula is C8H20NSi. The van der Waals surface area contributed by atoms with E-state index in [1.807, 2.05) is 0 Å². The van der Waals surface area contributed by atoms with Crippen molar-refractivity contribution in [2.24, 2.45) is 5.40 Å². The van der Waals surface area contributed by atoms with Crippen molar-refractivity contribution >= 4 is 8.96 Å². The van der Waals surface area contributed by atoms with Gasteiger partial charge in [0.1, 0.15) is 8.96 Å². The molecule has 0 fully saturated rings. The molecule has 0 saturated carbocycles. The third kappa shape index (κ3) is 2.84. The molecular weight excluding hydrogens is 138 g/mol. The van der Waals surface area contributed by atoms with Gasteiger partial charge in [0.25, 0.3) is 0 Å². The highest BCUT2D eigenvalue weighted by molar-refractivity contribution is 6.61. The molecule has 0 amide bonds. The largest absolute Gasteiger partial charge is 0.351 e. The van der Waals surface area contributed by atoms with Gasteiger partial charge in [-0.1, -0.05) is 41.5 Å². The molecule has 0 aliphatic carbocycles. The molecule has 0 aliphatic rings. The zero-order valence-corrected chi connectivity index (χ0v) is 9.08. The topological polar surface area (TPSA) is 26.0 Å². The normalized spacial score (nSPS) is 14.4. The first kappa shape index (κ1) is 10.2. The molecule has 0 heterocycles. The summed E-state index contributed by atoms with van der Waals surface area (Å²) in [5, 5.41) is 6.77. The monoisotopic (exact) mass is 158 g/mol. The second kappa shape index (κ2) is 2.66. The predicted molar refractivity (Wildman–Crippen MR) is 49.4 cm³/mol. The van der Waals surface area contributed by atoms with Gasteiger partial charge in [-0.15, -0.1) is 0 Å². The summed E-state index contributed by atoms with van der Waals surface area (Å²) in [7, 11) is -0.721. The number of rotatable bonds is 0. The van der Waals surface area contributed by atoms with Crippen molar-refractivity contribution in [1.82, 2.24) is 0 Å². The van der Waals surface area contributed by atoms with E-state index in [1.165, 1.54) is 0 Å². The molecule has 0 aromatic carbocycles. The second-order valence-electron chi connectivity index (χ2n) is 4.91. The van der Waals surface area contributed by atoms with Crippen LogP contribution in [0.1, 0.15) is 41.5 Å². The van der Waals surface area contributed by atoms with E-state index in [1.54, 1.807) is 0 Å². The van der Waals surface area contributed by atoms with Gasteiger partial charge in [0.2, 0.25) is 0 Å². The van der Waals surface area contributed by atoms with Crippen LogP contribution in [-0.2, 0) is 0 Å². The van der Waals surface area contributed by atoms with Crippen LogP contribution in [0, 0.1) is 0 Å². The summed E-state index contributed by atoms with van der Waals surface area (Å²) < 4.78 is 0. The molecule has 61 valence electrons. The summed E-state index contributed by atoms with van der Waals surface area (Å²) in [4.78, 5) is 0. The molecule has 10 heavy (non-hydrogen) atoms. The number of hydrogen-bond acceptors (Lipinski definition) is 1. The summed E-state index contributed by atoms with van der Waals surface area (Å²) in [5.41, 5.74) is 0. The van der Waals surface area contributed by atoms with Crippen molar-refractivity contribution in [1.29, 1.82) is 0 Å². The van der Waals surface area contributed by atoms with Crippen LogP contribution < -0.4 is 5.40 Å². The first-order valence-electron chi connectivity index (χ1n) is 3.79. The van der Waals surface area contributed by atoms with E-state index in [-0.39, 0.29) is 0 Å². The zero-order valence-electron chi connectivity index (χ0n) is 8.08. The van der Waals surface area contributed by atoms with Gasteiger partial charge in [-0.2, -0.15) is 0 Å². The van der Waals surface area contributed by atoms with Crippen molar-refractivity contribution in [2.75, 3.05) is 0 Å². The van der Waals surface area contributed by atoms with Gasteiger partial charge < -0.3 is 5.40 Å². The molecule has 0 aromatic rings. The lowest BCUT2D eigenvalue weighted by Gasteiger charge is -2.35. The summed E-state index contributed by atoms with van der Waals surface area (Å²) in [6, 6.07) is 0. The fraction of sp³-hybridized carbons (Fsp3) is 1.00. The fourth-order valence-corrected chi connectivity index (χ4v) is 3.38. The maximum Gasteiger partial charge on any atom is 0.142 e. The average Bonchev–Trinajstić information content (AvgIpc) is 1.59. The first-order valence-corrected chi connectivity index (χ1v) is 5.37. The van der Waals surface area contributed by atoms with Crippen LogP contribution >= 0.6 is 0 Å². The average molecular weight is 158 g/mol. The molecule has 0 aromatic heterocycles. The minimum Gasteiger partial charge on any atom is -0.351 e.